The highest BCUT2D eigenvalue weighted by Crippen LogP contribution is 2.39. The van der Waals surface area contributed by atoms with E-state index in [2.05, 4.69) is 30.4 Å². The van der Waals surface area contributed by atoms with Gasteiger partial charge in [0.15, 0.2) is 0 Å². The molecule has 0 radical (unpaired) electrons. The molecule has 0 bridgehead atoms. The van der Waals surface area contributed by atoms with E-state index in [1.54, 1.807) is 0 Å². The first-order valence-electron chi connectivity index (χ1n) is 7.41. The average Bonchev–Trinajstić information content (AvgIpc) is 2.50. The van der Waals surface area contributed by atoms with Crippen molar-refractivity contribution in [1.29, 1.82) is 0 Å². The molecule has 1 heterocycles. The summed E-state index contributed by atoms with van der Waals surface area (Å²) in [4.78, 5) is 0. The molecule has 1 aliphatic heterocycles. The van der Waals surface area contributed by atoms with Gasteiger partial charge in [0.05, 0.1) is 22.8 Å². The number of fused-ring (bicyclic) bond motifs is 1. The molecule has 3 rings (SSSR count). The Morgan fingerprint density at radius 3 is 2.64 bits per heavy atom. The molecule has 2 unspecified atom stereocenters. The van der Waals surface area contributed by atoms with E-state index in [1.807, 2.05) is 25.2 Å². The lowest BCUT2D eigenvalue weighted by atomic mass is 9.84. The van der Waals surface area contributed by atoms with Gasteiger partial charge in [-0.25, -0.2) is 0 Å². The standard InChI is InChI=1S/C18H19Cl2NO/c1-11-3-5-13-14(7-11)15(10-22-18(13)9-21-2)12-4-6-16(19)17(20)8-12/h3-8,15,18,21H,9-10H2,1-2H3. The average molecular weight is 336 g/mol. The predicted octanol–water partition coefficient (Wildman–Crippen LogP) is 4.72. The Balaban J connectivity index is 2.04. The van der Waals surface area contributed by atoms with Crippen molar-refractivity contribution in [3.8, 4) is 0 Å². The lowest BCUT2D eigenvalue weighted by Gasteiger charge is -2.32. The molecule has 4 heteroatoms. The van der Waals surface area contributed by atoms with Crippen molar-refractivity contribution >= 4 is 23.2 Å². The Morgan fingerprint density at radius 2 is 1.91 bits per heavy atom. The van der Waals surface area contributed by atoms with E-state index < -0.39 is 0 Å². The maximum atomic E-state index is 6.19. The van der Waals surface area contributed by atoms with Gasteiger partial charge in [-0.15, -0.1) is 0 Å². The highest BCUT2D eigenvalue weighted by molar-refractivity contribution is 6.42. The smallest absolute Gasteiger partial charge is 0.0952 e. The molecule has 0 saturated carbocycles. The lowest BCUT2D eigenvalue weighted by Crippen LogP contribution is -2.28. The minimum absolute atomic E-state index is 0.0969. The van der Waals surface area contributed by atoms with Crippen LogP contribution in [0.3, 0.4) is 0 Å². The van der Waals surface area contributed by atoms with Crippen LogP contribution in [0.2, 0.25) is 10.0 Å². The lowest BCUT2D eigenvalue weighted by molar-refractivity contribution is 0.0353. The molecule has 1 N–H and O–H groups in total. The number of nitrogens with one attached hydrogen (secondary N) is 1. The van der Waals surface area contributed by atoms with E-state index in [9.17, 15) is 0 Å². The topological polar surface area (TPSA) is 21.3 Å². The zero-order chi connectivity index (χ0) is 15.7. The van der Waals surface area contributed by atoms with Crippen LogP contribution < -0.4 is 5.32 Å². The van der Waals surface area contributed by atoms with Crippen molar-refractivity contribution in [3.05, 3.63) is 68.7 Å². The van der Waals surface area contributed by atoms with Crippen LogP contribution in [0.4, 0.5) is 0 Å². The largest absolute Gasteiger partial charge is 0.371 e. The van der Waals surface area contributed by atoms with Gasteiger partial charge in [-0.2, -0.15) is 0 Å². The summed E-state index contributed by atoms with van der Waals surface area (Å²) < 4.78 is 6.08. The first-order chi connectivity index (χ1) is 10.6. The molecule has 2 atom stereocenters. The summed E-state index contributed by atoms with van der Waals surface area (Å²) in [5, 5.41) is 4.37. The second kappa shape index (κ2) is 6.59. The van der Waals surface area contributed by atoms with Gasteiger partial charge in [-0.1, -0.05) is 53.0 Å². The van der Waals surface area contributed by atoms with Crippen LogP contribution in [0, 0.1) is 6.92 Å². The Bertz CT molecular complexity index is 687. The van der Waals surface area contributed by atoms with Gasteiger partial charge < -0.3 is 10.1 Å². The molecule has 0 aromatic heterocycles. The van der Waals surface area contributed by atoms with E-state index in [0.29, 0.717) is 16.7 Å². The number of rotatable bonds is 3. The van der Waals surface area contributed by atoms with Gasteiger partial charge in [-0.05, 0) is 42.8 Å². The number of likely N-dealkylation sites (N-methyl/N-ethyl adjacent to an activating group) is 1. The van der Waals surface area contributed by atoms with Crippen molar-refractivity contribution in [1.82, 2.24) is 5.32 Å². The van der Waals surface area contributed by atoms with Crippen molar-refractivity contribution in [2.45, 2.75) is 18.9 Å². The van der Waals surface area contributed by atoms with Crippen LogP contribution in [-0.4, -0.2) is 20.2 Å². The SMILES string of the molecule is CNCC1OCC(c2ccc(Cl)c(Cl)c2)c2cc(C)ccc21. The van der Waals surface area contributed by atoms with Crippen LogP contribution >= 0.6 is 23.2 Å². The molecular weight excluding hydrogens is 317 g/mol. The summed E-state index contributed by atoms with van der Waals surface area (Å²) in [5.41, 5.74) is 4.98. The minimum Gasteiger partial charge on any atom is -0.371 e. The summed E-state index contributed by atoms with van der Waals surface area (Å²) in [6, 6.07) is 12.4. The van der Waals surface area contributed by atoms with Gasteiger partial charge in [-0.3, -0.25) is 0 Å². The summed E-state index contributed by atoms with van der Waals surface area (Å²) in [5.74, 6) is 0.192. The molecule has 2 nitrogen and oxygen atoms in total. The maximum absolute atomic E-state index is 6.19. The van der Waals surface area contributed by atoms with Crippen LogP contribution in [0.5, 0.6) is 0 Å². The summed E-state index contributed by atoms with van der Waals surface area (Å²) in [6.07, 6.45) is 0.0969. The molecule has 0 amide bonds. The zero-order valence-corrected chi connectivity index (χ0v) is 14.2. The van der Waals surface area contributed by atoms with Crippen molar-refractivity contribution < 1.29 is 4.74 Å². The van der Waals surface area contributed by atoms with Crippen molar-refractivity contribution in [3.63, 3.8) is 0 Å². The molecule has 0 spiro atoms. The summed E-state index contributed by atoms with van der Waals surface area (Å²) in [7, 11) is 1.95. The number of ether oxygens (including phenoxy) is 1. The van der Waals surface area contributed by atoms with Crippen LogP contribution in [0.1, 0.15) is 34.3 Å². The Hall–Kier alpha value is -1.06. The van der Waals surface area contributed by atoms with Gasteiger partial charge in [0.1, 0.15) is 0 Å². The van der Waals surface area contributed by atoms with Gasteiger partial charge in [0, 0.05) is 12.5 Å². The van der Waals surface area contributed by atoms with E-state index >= 15 is 0 Å². The second-order valence-corrected chi connectivity index (χ2v) is 6.55. The molecule has 0 saturated heterocycles. The molecular formula is C18H19Cl2NO. The molecule has 2 aromatic carbocycles. The fraction of sp³-hybridized carbons (Fsp3) is 0.333. The van der Waals surface area contributed by atoms with Gasteiger partial charge in [0.25, 0.3) is 0 Å². The zero-order valence-electron chi connectivity index (χ0n) is 12.7. The third kappa shape index (κ3) is 3.02. The molecule has 116 valence electrons. The van der Waals surface area contributed by atoms with Crippen LogP contribution in [0.15, 0.2) is 36.4 Å². The minimum atomic E-state index is 0.0969. The number of hydrogen-bond donors (Lipinski definition) is 1. The van der Waals surface area contributed by atoms with E-state index in [0.717, 1.165) is 12.1 Å². The van der Waals surface area contributed by atoms with Gasteiger partial charge >= 0.3 is 0 Å². The van der Waals surface area contributed by atoms with Crippen LogP contribution in [0.25, 0.3) is 0 Å². The predicted molar refractivity (Wildman–Crippen MR) is 92.1 cm³/mol. The second-order valence-electron chi connectivity index (χ2n) is 5.74. The molecule has 0 aliphatic carbocycles. The Kier molecular flexibility index (Phi) is 4.74. The van der Waals surface area contributed by atoms with E-state index in [1.165, 1.54) is 16.7 Å². The third-order valence-electron chi connectivity index (χ3n) is 4.16. The number of halogens is 2. The number of benzene rings is 2. The van der Waals surface area contributed by atoms with Crippen molar-refractivity contribution in [2.24, 2.45) is 0 Å². The van der Waals surface area contributed by atoms with E-state index in [-0.39, 0.29) is 12.0 Å². The molecule has 2 aromatic rings. The quantitative estimate of drug-likeness (QED) is 0.875. The first-order valence-corrected chi connectivity index (χ1v) is 8.17. The summed E-state index contributed by atoms with van der Waals surface area (Å²) >= 11 is 12.2. The number of aryl methyl sites for hydroxylation is 1. The highest BCUT2D eigenvalue weighted by atomic mass is 35.5. The monoisotopic (exact) mass is 335 g/mol. The Labute approximate surface area is 141 Å². The Morgan fingerprint density at radius 1 is 1.09 bits per heavy atom. The van der Waals surface area contributed by atoms with E-state index in [4.69, 9.17) is 27.9 Å². The van der Waals surface area contributed by atoms with Gasteiger partial charge in [0.2, 0.25) is 0 Å². The normalized spacial score (nSPS) is 20.7. The molecule has 0 fully saturated rings. The maximum Gasteiger partial charge on any atom is 0.0952 e. The van der Waals surface area contributed by atoms with Crippen LogP contribution in [-0.2, 0) is 4.74 Å². The summed E-state index contributed by atoms with van der Waals surface area (Å²) in [6.45, 7) is 3.58. The number of hydrogen-bond acceptors (Lipinski definition) is 2. The third-order valence-corrected chi connectivity index (χ3v) is 4.90. The molecule has 1 aliphatic rings. The fourth-order valence-electron chi connectivity index (χ4n) is 3.04. The molecule has 22 heavy (non-hydrogen) atoms. The van der Waals surface area contributed by atoms with Crippen molar-refractivity contribution in [2.75, 3.05) is 20.2 Å². The fourth-order valence-corrected chi connectivity index (χ4v) is 3.35. The first kappa shape index (κ1) is 15.8. The highest BCUT2D eigenvalue weighted by Gasteiger charge is 2.28.